The van der Waals surface area contributed by atoms with Gasteiger partial charge in [0.2, 0.25) is 5.78 Å². The van der Waals surface area contributed by atoms with Gasteiger partial charge in [-0.25, -0.2) is 15.0 Å². The maximum Gasteiger partial charge on any atom is 0.233 e. The lowest BCUT2D eigenvalue weighted by Gasteiger charge is -2.10. The highest BCUT2D eigenvalue weighted by Crippen LogP contribution is 2.19. The van der Waals surface area contributed by atoms with Crippen molar-refractivity contribution in [3.63, 3.8) is 0 Å². The second-order valence-corrected chi connectivity index (χ2v) is 5.60. The first-order chi connectivity index (χ1) is 12.2. The van der Waals surface area contributed by atoms with E-state index in [9.17, 15) is 0 Å². The molecule has 132 valence electrons. The molecule has 0 radical (unpaired) electrons. The van der Waals surface area contributed by atoms with Crippen LogP contribution in [-0.4, -0.2) is 23.8 Å². The van der Waals surface area contributed by atoms with Crippen LogP contribution in [0.1, 0.15) is 51.4 Å². The minimum absolute atomic E-state index is 0.595. The monoisotopic (exact) mass is 337 g/mol. The number of hydrogen-bond donors (Lipinski definition) is 0. The molecule has 0 aliphatic rings. The van der Waals surface area contributed by atoms with Crippen LogP contribution in [0.4, 0.5) is 0 Å². The van der Waals surface area contributed by atoms with Gasteiger partial charge >= 0.3 is 0 Å². The first kappa shape index (κ1) is 18.6. The summed E-state index contributed by atoms with van der Waals surface area (Å²) >= 11 is 0. The molecular weight excluding hydrogens is 310 g/mol. The van der Waals surface area contributed by atoms with Crippen LogP contribution in [0.25, 0.3) is 11.4 Å². The van der Waals surface area contributed by atoms with Gasteiger partial charge in [0.15, 0.2) is 0 Å². The number of pyridine rings is 1. The third-order valence-corrected chi connectivity index (χ3v) is 4.08. The van der Waals surface area contributed by atoms with Gasteiger partial charge in [-0.3, -0.25) is 4.40 Å². The standard InChI is InChI=1S/C11H14N2.C7H7N3.C2H6/c1-3-9(2)10-5-4-6-11-12-7-8-13(10)11;1-6-2-3-8-7-9-4-5-10(6)7;1-2/h4-9H,3H2,1-2H3;2-5H,1H3;1-2H3. The van der Waals surface area contributed by atoms with Crippen molar-refractivity contribution in [2.24, 2.45) is 0 Å². The van der Waals surface area contributed by atoms with Crippen LogP contribution in [-0.2, 0) is 0 Å². The first-order valence-corrected chi connectivity index (χ1v) is 8.87. The van der Waals surface area contributed by atoms with E-state index in [-0.39, 0.29) is 0 Å². The van der Waals surface area contributed by atoms with Gasteiger partial charge < -0.3 is 4.40 Å². The van der Waals surface area contributed by atoms with Crippen LogP contribution in [0.5, 0.6) is 0 Å². The molecule has 0 fully saturated rings. The zero-order chi connectivity index (χ0) is 18.2. The zero-order valence-electron chi connectivity index (χ0n) is 15.7. The fourth-order valence-corrected chi connectivity index (χ4v) is 2.54. The molecule has 5 nitrogen and oxygen atoms in total. The van der Waals surface area contributed by atoms with Crippen molar-refractivity contribution >= 4 is 11.4 Å². The van der Waals surface area contributed by atoms with Crippen LogP contribution >= 0.6 is 0 Å². The molecule has 1 atom stereocenters. The third-order valence-electron chi connectivity index (χ3n) is 4.08. The molecule has 0 saturated heterocycles. The molecule has 0 aliphatic carbocycles. The van der Waals surface area contributed by atoms with E-state index in [0.717, 1.165) is 23.5 Å². The van der Waals surface area contributed by atoms with Crippen molar-refractivity contribution in [2.45, 2.75) is 47.0 Å². The van der Waals surface area contributed by atoms with Crippen LogP contribution in [0, 0.1) is 6.92 Å². The van der Waals surface area contributed by atoms with E-state index >= 15 is 0 Å². The maximum absolute atomic E-state index is 4.26. The van der Waals surface area contributed by atoms with E-state index in [1.165, 1.54) is 5.69 Å². The Bertz CT molecular complexity index is 906. The Balaban J connectivity index is 0.000000168. The highest BCUT2D eigenvalue weighted by atomic mass is 15.1. The zero-order valence-corrected chi connectivity index (χ0v) is 15.7. The summed E-state index contributed by atoms with van der Waals surface area (Å²) in [5.74, 6) is 1.36. The third kappa shape index (κ3) is 4.24. The summed E-state index contributed by atoms with van der Waals surface area (Å²) in [4.78, 5) is 12.3. The summed E-state index contributed by atoms with van der Waals surface area (Å²) in [5, 5.41) is 0. The van der Waals surface area contributed by atoms with Crippen LogP contribution in [0.3, 0.4) is 0 Å². The predicted molar refractivity (Wildman–Crippen MR) is 103 cm³/mol. The number of nitrogens with zero attached hydrogens (tertiary/aromatic N) is 5. The van der Waals surface area contributed by atoms with Gasteiger partial charge in [-0.05, 0) is 37.5 Å². The smallest absolute Gasteiger partial charge is 0.233 e. The molecule has 25 heavy (non-hydrogen) atoms. The summed E-state index contributed by atoms with van der Waals surface area (Å²) < 4.78 is 4.11. The summed E-state index contributed by atoms with van der Waals surface area (Å²) in [6.07, 6.45) is 10.4. The van der Waals surface area contributed by atoms with Gasteiger partial charge in [0.05, 0.1) is 0 Å². The Morgan fingerprint density at radius 3 is 2.32 bits per heavy atom. The van der Waals surface area contributed by atoms with Gasteiger partial charge in [-0.15, -0.1) is 0 Å². The lowest BCUT2D eigenvalue weighted by molar-refractivity contribution is 0.697. The fraction of sp³-hybridized carbons (Fsp3) is 0.350. The second-order valence-electron chi connectivity index (χ2n) is 5.60. The van der Waals surface area contributed by atoms with Crippen molar-refractivity contribution in [3.8, 4) is 0 Å². The van der Waals surface area contributed by atoms with Crippen molar-refractivity contribution in [1.82, 2.24) is 23.8 Å². The van der Waals surface area contributed by atoms with Crippen LogP contribution in [0.2, 0.25) is 0 Å². The number of rotatable bonds is 2. The Kier molecular flexibility index (Phi) is 6.69. The highest BCUT2D eigenvalue weighted by Gasteiger charge is 2.06. The summed E-state index contributed by atoms with van der Waals surface area (Å²) in [5.41, 5.74) is 3.54. The molecule has 0 aromatic carbocycles. The van der Waals surface area contributed by atoms with E-state index in [1.807, 2.05) is 55.9 Å². The topological polar surface area (TPSA) is 47.5 Å². The minimum Gasteiger partial charge on any atom is -0.304 e. The molecule has 0 amide bonds. The van der Waals surface area contributed by atoms with Gasteiger partial charge in [0.25, 0.3) is 0 Å². The lowest BCUT2D eigenvalue weighted by Crippen LogP contribution is -1.99. The lowest BCUT2D eigenvalue weighted by atomic mass is 10.0. The van der Waals surface area contributed by atoms with E-state index in [4.69, 9.17) is 0 Å². The molecule has 5 heteroatoms. The highest BCUT2D eigenvalue weighted by molar-refractivity contribution is 5.40. The average Bonchev–Trinajstić information content (AvgIpc) is 3.32. The van der Waals surface area contributed by atoms with E-state index in [2.05, 4.69) is 45.3 Å². The number of hydrogen-bond acceptors (Lipinski definition) is 3. The first-order valence-electron chi connectivity index (χ1n) is 8.87. The Morgan fingerprint density at radius 1 is 0.920 bits per heavy atom. The summed E-state index contributed by atoms with van der Waals surface area (Å²) in [7, 11) is 0. The Labute approximate surface area is 149 Å². The summed E-state index contributed by atoms with van der Waals surface area (Å²) in [6, 6.07) is 8.23. The summed E-state index contributed by atoms with van der Waals surface area (Å²) in [6.45, 7) is 10.5. The normalized spacial score (nSPS) is 11.4. The van der Waals surface area contributed by atoms with Gasteiger partial charge in [-0.2, -0.15) is 0 Å². The second kappa shape index (κ2) is 8.97. The number of imidazole rings is 2. The van der Waals surface area contributed by atoms with Crippen LogP contribution in [0.15, 0.2) is 55.2 Å². The van der Waals surface area contributed by atoms with Crippen LogP contribution < -0.4 is 0 Å². The number of aryl methyl sites for hydroxylation is 1. The van der Waals surface area contributed by atoms with Crippen molar-refractivity contribution in [3.05, 3.63) is 66.6 Å². The molecule has 0 bridgehead atoms. The van der Waals surface area contributed by atoms with Gasteiger partial charge in [0.1, 0.15) is 5.65 Å². The van der Waals surface area contributed by atoms with Crippen molar-refractivity contribution in [1.29, 1.82) is 0 Å². The van der Waals surface area contributed by atoms with E-state index in [0.29, 0.717) is 5.92 Å². The Hall–Kier alpha value is -2.69. The molecule has 4 aromatic heterocycles. The molecular formula is C20H27N5. The maximum atomic E-state index is 4.26. The predicted octanol–water partition coefficient (Wildman–Crippen LogP) is 4.91. The number of fused-ring (bicyclic) bond motifs is 2. The minimum atomic E-state index is 0.595. The number of aromatic nitrogens is 5. The van der Waals surface area contributed by atoms with Crippen molar-refractivity contribution in [2.75, 3.05) is 0 Å². The molecule has 4 rings (SSSR count). The molecule has 4 aromatic rings. The Morgan fingerprint density at radius 2 is 1.60 bits per heavy atom. The molecule has 0 saturated carbocycles. The SMILES string of the molecule is CC.CCC(C)c1cccc2nccn12.Cc1ccnc2nccn12. The molecule has 4 heterocycles. The quantitative estimate of drug-likeness (QED) is 0.522. The van der Waals surface area contributed by atoms with E-state index < -0.39 is 0 Å². The largest absolute Gasteiger partial charge is 0.304 e. The van der Waals surface area contributed by atoms with E-state index in [1.54, 1.807) is 12.4 Å². The fourth-order valence-electron chi connectivity index (χ4n) is 2.54. The van der Waals surface area contributed by atoms with Gasteiger partial charge in [0, 0.05) is 42.4 Å². The molecule has 0 N–H and O–H groups in total. The molecule has 1 unspecified atom stereocenters. The average molecular weight is 337 g/mol. The van der Waals surface area contributed by atoms with Crippen molar-refractivity contribution < 1.29 is 0 Å². The van der Waals surface area contributed by atoms with Gasteiger partial charge in [-0.1, -0.05) is 33.8 Å². The molecule has 0 spiro atoms. The molecule has 0 aliphatic heterocycles.